The Bertz CT molecular complexity index is 1010. The number of anilines is 1. The molecule has 0 atom stereocenters. The van der Waals surface area contributed by atoms with Crippen molar-refractivity contribution >= 4 is 28.3 Å². The minimum atomic E-state index is -0.365. The molecule has 1 fully saturated rings. The van der Waals surface area contributed by atoms with E-state index in [1.54, 1.807) is 23.2 Å². The molecule has 2 amide bonds. The Morgan fingerprint density at radius 1 is 0.929 bits per heavy atom. The maximum absolute atomic E-state index is 12.9. The highest BCUT2D eigenvalue weighted by Crippen LogP contribution is 2.21. The van der Waals surface area contributed by atoms with Crippen LogP contribution >= 0.6 is 0 Å². The van der Waals surface area contributed by atoms with Crippen molar-refractivity contribution in [2.24, 2.45) is 0 Å². The van der Waals surface area contributed by atoms with Crippen LogP contribution < -0.4 is 10.7 Å². The molecule has 7 heteroatoms. The van der Waals surface area contributed by atoms with Crippen LogP contribution in [0, 0.1) is 0 Å². The second-order valence-electron chi connectivity index (χ2n) is 6.42. The van der Waals surface area contributed by atoms with Crippen molar-refractivity contribution in [1.29, 1.82) is 0 Å². The minimum Gasteiger partial charge on any atom is -0.379 e. The topological polar surface area (TPSA) is 83.6 Å². The molecule has 2 N–H and O–H groups in total. The summed E-state index contributed by atoms with van der Waals surface area (Å²) in [4.78, 5) is 29.7. The number of carbonyl (C=O) groups is 2. The number of nitrogens with zero attached hydrogens (tertiary/aromatic N) is 2. The minimum absolute atomic E-state index is 0.169. The van der Waals surface area contributed by atoms with Crippen molar-refractivity contribution in [1.82, 2.24) is 15.4 Å². The van der Waals surface area contributed by atoms with Crippen LogP contribution in [0.15, 0.2) is 60.8 Å². The number of aromatic nitrogens is 1. The number of nitrogens with one attached hydrogen (secondary N) is 2. The molecular weight excluding hydrogens is 356 g/mol. The number of hydrogen-bond donors (Lipinski definition) is 2. The van der Waals surface area contributed by atoms with Crippen LogP contribution in [0.5, 0.6) is 0 Å². The van der Waals surface area contributed by atoms with Gasteiger partial charge in [0, 0.05) is 24.8 Å². The van der Waals surface area contributed by atoms with Gasteiger partial charge in [0.15, 0.2) is 5.69 Å². The molecule has 2 heterocycles. The molecule has 2 aromatic carbocycles. The lowest BCUT2D eigenvalue weighted by atomic mass is 10.0. The van der Waals surface area contributed by atoms with E-state index >= 15 is 0 Å². The fraction of sp³-hybridized carbons (Fsp3) is 0.190. The molecule has 0 bridgehead atoms. The molecule has 0 spiro atoms. The Kier molecular flexibility index (Phi) is 5.27. The smallest absolute Gasteiger partial charge is 0.286 e. The third-order valence-electron chi connectivity index (χ3n) is 4.58. The van der Waals surface area contributed by atoms with Gasteiger partial charge in [0.25, 0.3) is 11.8 Å². The molecule has 1 aliphatic rings. The zero-order valence-electron chi connectivity index (χ0n) is 15.2. The zero-order chi connectivity index (χ0) is 19.3. The second-order valence-corrected chi connectivity index (χ2v) is 6.42. The zero-order valence-corrected chi connectivity index (χ0v) is 15.2. The summed E-state index contributed by atoms with van der Waals surface area (Å²) in [5.41, 5.74) is 3.90. The van der Waals surface area contributed by atoms with Gasteiger partial charge in [-0.1, -0.05) is 36.4 Å². The summed E-state index contributed by atoms with van der Waals surface area (Å²) in [5.74, 6) is -0.652. The number of morpholine rings is 1. The van der Waals surface area contributed by atoms with E-state index in [9.17, 15) is 9.59 Å². The lowest BCUT2D eigenvalue weighted by Crippen LogP contribution is -2.48. The molecule has 1 saturated heterocycles. The third kappa shape index (κ3) is 3.85. The number of amides is 2. The van der Waals surface area contributed by atoms with Gasteiger partial charge >= 0.3 is 0 Å². The predicted molar refractivity (Wildman–Crippen MR) is 106 cm³/mol. The molecule has 7 nitrogen and oxygen atoms in total. The Morgan fingerprint density at radius 3 is 2.57 bits per heavy atom. The van der Waals surface area contributed by atoms with Gasteiger partial charge in [0.1, 0.15) is 0 Å². The SMILES string of the molecule is O=C(NN1CCOCC1)c1ncccc1NC(=O)c1cccc2ccccc12. The van der Waals surface area contributed by atoms with E-state index in [0.29, 0.717) is 37.6 Å². The first-order chi connectivity index (χ1) is 13.7. The number of hydrogen-bond acceptors (Lipinski definition) is 5. The van der Waals surface area contributed by atoms with E-state index in [4.69, 9.17) is 4.74 Å². The van der Waals surface area contributed by atoms with Crippen molar-refractivity contribution in [2.45, 2.75) is 0 Å². The molecule has 4 rings (SSSR count). The van der Waals surface area contributed by atoms with Crippen LogP contribution in [0.25, 0.3) is 10.8 Å². The fourth-order valence-electron chi connectivity index (χ4n) is 3.17. The molecule has 1 aromatic heterocycles. The van der Waals surface area contributed by atoms with Gasteiger partial charge in [0.05, 0.1) is 18.9 Å². The maximum atomic E-state index is 12.9. The van der Waals surface area contributed by atoms with Crippen LogP contribution in [-0.4, -0.2) is 48.1 Å². The highest BCUT2D eigenvalue weighted by Gasteiger charge is 2.19. The monoisotopic (exact) mass is 376 g/mol. The third-order valence-corrected chi connectivity index (χ3v) is 4.58. The first kappa shape index (κ1) is 18.1. The number of ether oxygens (including phenoxy) is 1. The van der Waals surface area contributed by atoms with Gasteiger partial charge in [-0.15, -0.1) is 0 Å². The Morgan fingerprint density at radius 2 is 1.71 bits per heavy atom. The van der Waals surface area contributed by atoms with E-state index in [1.165, 1.54) is 6.20 Å². The summed E-state index contributed by atoms with van der Waals surface area (Å²) in [6.45, 7) is 2.34. The summed E-state index contributed by atoms with van der Waals surface area (Å²) in [6.07, 6.45) is 1.53. The summed E-state index contributed by atoms with van der Waals surface area (Å²) < 4.78 is 5.28. The number of benzene rings is 2. The van der Waals surface area contributed by atoms with Crippen molar-refractivity contribution in [2.75, 3.05) is 31.6 Å². The van der Waals surface area contributed by atoms with Gasteiger partial charge in [-0.2, -0.15) is 0 Å². The summed E-state index contributed by atoms with van der Waals surface area (Å²) >= 11 is 0. The van der Waals surface area contributed by atoms with Crippen LogP contribution in [0.1, 0.15) is 20.8 Å². The second kappa shape index (κ2) is 8.16. The number of pyridine rings is 1. The maximum Gasteiger partial charge on any atom is 0.286 e. The summed E-state index contributed by atoms with van der Waals surface area (Å²) in [6, 6.07) is 16.6. The Hall–Kier alpha value is -3.29. The van der Waals surface area contributed by atoms with Gasteiger partial charge in [-0.25, -0.2) is 9.99 Å². The Labute approximate surface area is 162 Å². The highest BCUT2D eigenvalue weighted by molar-refractivity contribution is 6.14. The molecule has 0 unspecified atom stereocenters. The largest absolute Gasteiger partial charge is 0.379 e. The molecule has 1 aliphatic heterocycles. The lowest BCUT2D eigenvalue weighted by Gasteiger charge is -2.27. The van der Waals surface area contributed by atoms with Gasteiger partial charge in [0.2, 0.25) is 0 Å². The quantitative estimate of drug-likeness (QED) is 0.731. The molecule has 0 saturated carbocycles. The number of hydrazine groups is 1. The standard InChI is InChI=1S/C21H20N4O3/c26-20(17-8-3-6-15-5-1-2-7-16(15)17)23-18-9-4-10-22-19(18)21(27)24-25-11-13-28-14-12-25/h1-10H,11-14H2,(H,23,26)(H,24,27). The molecular formula is C21H20N4O3. The van der Waals surface area contributed by atoms with Crippen molar-refractivity contribution in [3.05, 3.63) is 72.1 Å². The molecule has 0 radical (unpaired) electrons. The predicted octanol–water partition coefficient (Wildman–Crippen LogP) is 2.46. The molecule has 3 aromatic rings. The van der Waals surface area contributed by atoms with E-state index < -0.39 is 0 Å². The van der Waals surface area contributed by atoms with Gasteiger partial charge in [-0.05, 0) is 29.0 Å². The summed E-state index contributed by atoms with van der Waals surface area (Å²) in [5, 5.41) is 6.45. The number of fused-ring (bicyclic) bond motifs is 1. The number of rotatable bonds is 4. The van der Waals surface area contributed by atoms with E-state index in [-0.39, 0.29) is 17.5 Å². The first-order valence-corrected chi connectivity index (χ1v) is 9.10. The van der Waals surface area contributed by atoms with E-state index in [2.05, 4.69) is 15.7 Å². The van der Waals surface area contributed by atoms with Crippen LogP contribution in [0.2, 0.25) is 0 Å². The average Bonchev–Trinajstić information content (AvgIpc) is 2.74. The van der Waals surface area contributed by atoms with Crippen molar-refractivity contribution in [3.63, 3.8) is 0 Å². The van der Waals surface area contributed by atoms with E-state index in [0.717, 1.165) is 10.8 Å². The van der Waals surface area contributed by atoms with E-state index in [1.807, 2.05) is 36.4 Å². The normalized spacial score (nSPS) is 14.6. The van der Waals surface area contributed by atoms with Gasteiger partial charge < -0.3 is 10.1 Å². The van der Waals surface area contributed by atoms with Gasteiger partial charge in [-0.3, -0.25) is 15.0 Å². The molecule has 142 valence electrons. The first-order valence-electron chi connectivity index (χ1n) is 9.10. The molecule has 28 heavy (non-hydrogen) atoms. The highest BCUT2D eigenvalue weighted by atomic mass is 16.5. The number of carbonyl (C=O) groups excluding carboxylic acids is 2. The lowest BCUT2D eigenvalue weighted by molar-refractivity contribution is 0.0125. The van der Waals surface area contributed by atoms with Crippen molar-refractivity contribution < 1.29 is 14.3 Å². The van der Waals surface area contributed by atoms with Crippen LogP contribution in [0.3, 0.4) is 0 Å². The fourth-order valence-corrected chi connectivity index (χ4v) is 3.17. The Balaban J connectivity index is 1.56. The summed E-state index contributed by atoms with van der Waals surface area (Å²) in [7, 11) is 0. The van der Waals surface area contributed by atoms with Crippen LogP contribution in [-0.2, 0) is 4.74 Å². The average molecular weight is 376 g/mol. The van der Waals surface area contributed by atoms with Crippen LogP contribution in [0.4, 0.5) is 5.69 Å². The molecule has 0 aliphatic carbocycles. The van der Waals surface area contributed by atoms with Crippen molar-refractivity contribution in [3.8, 4) is 0 Å².